The molecule has 3 nitrogen and oxygen atoms in total. The average molecular weight is 425 g/mol. The summed E-state index contributed by atoms with van der Waals surface area (Å²) in [7, 11) is 0. The van der Waals surface area contributed by atoms with Crippen molar-refractivity contribution in [1.82, 2.24) is 4.90 Å². The summed E-state index contributed by atoms with van der Waals surface area (Å²) in [5.74, 6) is -0.395. The van der Waals surface area contributed by atoms with E-state index in [1.165, 1.54) is 12.1 Å². The Morgan fingerprint density at radius 2 is 1.77 bits per heavy atom. The lowest BCUT2D eigenvalue weighted by molar-refractivity contribution is 0.172. The van der Waals surface area contributed by atoms with Gasteiger partial charge in [0.1, 0.15) is 5.84 Å². The Balaban J connectivity index is 1.56. The van der Waals surface area contributed by atoms with Crippen LogP contribution in [0.15, 0.2) is 71.9 Å². The Labute approximate surface area is 183 Å². The van der Waals surface area contributed by atoms with Crippen molar-refractivity contribution < 1.29 is 13.5 Å². The van der Waals surface area contributed by atoms with Crippen molar-refractivity contribution in [3.8, 4) is 16.9 Å². The molecule has 0 N–H and O–H groups in total. The van der Waals surface area contributed by atoms with Crippen LogP contribution in [-0.4, -0.2) is 30.4 Å². The van der Waals surface area contributed by atoms with E-state index in [4.69, 9.17) is 4.74 Å². The molecule has 1 aliphatic heterocycles. The number of aliphatic imine (C=N–C) groups is 1. The van der Waals surface area contributed by atoms with E-state index in [1.807, 2.05) is 49.5 Å². The molecule has 31 heavy (non-hydrogen) atoms. The molecule has 3 rings (SSSR count). The molecule has 0 radical (unpaired) electrons. The minimum Gasteiger partial charge on any atom is -0.487 e. The van der Waals surface area contributed by atoms with Crippen LogP contribution < -0.4 is 4.74 Å². The van der Waals surface area contributed by atoms with Gasteiger partial charge in [0.25, 0.3) is 0 Å². The number of benzene rings is 2. The molecule has 1 heterocycles. The van der Waals surface area contributed by atoms with Gasteiger partial charge in [-0.3, -0.25) is 0 Å². The van der Waals surface area contributed by atoms with E-state index in [-0.39, 0.29) is 11.7 Å². The van der Waals surface area contributed by atoms with Crippen LogP contribution in [-0.2, 0) is 0 Å². The van der Waals surface area contributed by atoms with Gasteiger partial charge in [0.05, 0.1) is 6.61 Å². The van der Waals surface area contributed by atoms with Crippen molar-refractivity contribution in [2.45, 2.75) is 33.1 Å². The van der Waals surface area contributed by atoms with E-state index in [0.717, 1.165) is 49.3 Å². The summed E-state index contributed by atoms with van der Waals surface area (Å²) in [5, 5.41) is 0. The quantitative estimate of drug-likeness (QED) is 0.283. The second-order valence-electron chi connectivity index (χ2n) is 7.81. The number of nitrogens with zero attached hydrogens (tertiary/aromatic N) is 2. The predicted molar refractivity (Wildman–Crippen MR) is 123 cm³/mol. The number of hydrogen-bond acceptors (Lipinski definition) is 2. The first-order chi connectivity index (χ1) is 15.0. The lowest BCUT2D eigenvalue weighted by atomic mass is 9.97. The van der Waals surface area contributed by atoms with Gasteiger partial charge in [-0.05, 0) is 60.9 Å². The molecule has 5 heteroatoms. The first-order valence-electron chi connectivity index (χ1n) is 10.8. The van der Waals surface area contributed by atoms with Gasteiger partial charge in [0, 0.05) is 19.3 Å². The molecular formula is C26H30F2N2O. The molecule has 164 valence electrons. The standard InChI is InChI=1S/C26H30F2N2O/c1-4-20(5-2)17-29-19(3)30-13-11-21(12-14-30)18-31-26-24(27)15-23(16-25(26)28)22-9-7-6-8-10-22/h4,6-10,15-17,21H,1,5,11-14,18H2,2-3H3/b20-17+,29-19?. The number of halogens is 2. The van der Waals surface area contributed by atoms with Crippen molar-refractivity contribution in [2.24, 2.45) is 10.9 Å². The highest BCUT2D eigenvalue weighted by atomic mass is 19.1. The highest BCUT2D eigenvalue weighted by molar-refractivity contribution is 5.80. The Morgan fingerprint density at radius 1 is 1.13 bits per heavy atom. The maximum atomic E-state index is 14.5. The smallest absolute Gasteiger partial charge is 0.190 e. The molecule has 0 spiro atoms. The van der Waals surface area contributed by atoms with Gasteiger partial charge in [-0.1, -0.05) is 49.9 Å². The number of rotatable bonds is 7. The molecule has 0 unspecified atom stereocenters. The minimum absolute atomic E-state index is 0.256. The van der Waals surface area contributed by atoms with E-state index >= 15 is 0 Å². The summed E-state index contributed by atoms with van der Waals surface area (Å²) < 4.78 is 34.6. The van der Waals surface area contributed by atoms with Crippen LogP contribution in [0.25, 0.3) is 11.1 Å². The number of amidine groups is 1. The summed E-state index contributed by atoms with van der Waals surface area (Å²) in [6.07, 6.45) is 6.38. The summed E-state index contributed by atoms with van der Waals surface area (Å²) in [5.41, 5.74) is 2.37. The number of likely N-dealkylation sites (tertiary alicyclic amines) is 1. The largest absolute Gasteiger partial charge is 0.487 e. The molecule has 0 bridgehead atoms. The Bertz CT molecular complexity index is 922. The highest BCUT2D eigenvalue weighted by Crippen LogP contribution is 2.30. The zero-order valence-electron chi connectivity index (χ0n) is 18.3. The molecule has 1 fully saturated rings. The Morgan fingerprint density at radius 3 is 2.35 bits per heavy atom. The fourth-order valence-corrected chi connectivity index (χ4v) is 3.67. The number of allylic oxidation sites excluding steroid dienone is 2. The monoisotopic (exact) mass is 424 g/mol. The number of hydrogen-bond donors (Lipinski definition) is 0. The van der Waals surface area contributed by atoms with Gasteiger partial charge in [0.2, 0.25) is 0 Å². The Hall–Kier alpha value is -2.95. The SMILES string of the molecule is C=C/C(=C\N=C(C)N1CCC(COc2c(F)cc(-c3ccccc3)cc2F)CC1)CC. The summed E-state index contributed by atoms with van der Waals surface area (Å²) in [6, 6.07) is 11.9. The van der Waals surface area contributed by atoms with Gasteiger partial charge >= 0.3 is 0 Å². The van der Waals surface area contributed by atoms with Crippen LogP contribution >= 0.6 is 0 Å². The molecule has 0 aromatic heterocycles. The van der Waals surface area contributed by atoms with Crippen LogP contribution in [0.3, 0.4) is 0 Å². The van der Waals surface area contributed by atoms with Gasteiger partial charge in [0.15, 0.2) is 17.4 Å². The average Bonchev–Trinajstić information content (AvgIpc) is 2.80. The highest BCUT2D eigenvalue weighted by Gasteiger charge is 2.22. The van der Waals surface area contributed by atoms with Crippen LogP contribution in [0.2, 0.25) is 0 Å². The van der Waals surface area contributed by atoms with Crippen molar-refractivity contribution >= 4 is 5.84 Å². The normalized spacial score (nSPS) is 15.8. The second kappa shape index (κ2) is 10.9. The van der Waals surface area contributed by atoms with E-state index in [9.17, 15) is 8.78 Å². The van der Waals surface area contributed by atoms with E-state index in [1.54, 1.807) is 0 Å². The third-order valence-electron chi connectivity index (χ3n) is 5.73. The van der Waals surface area contributed by atoms with Crippen molar-refractivity contribution in [3.05, 3.63) is 78.5 Å². The maximum Gasteiger partial charge on any atom is 0.190 e. The topological polar surface area (TPSA) is 24.8 Å². The van der Waals surface area contributed by atoms with Gasteiger partial charge in [-0.25, -0.2) is 13.8 Å². The van der Waals surface area contributed by atoms with Crippen LogP contribution in [0.1, 0.15) is 33.1 Å². The molecule has 0 atom stereocenters. The van der Waals surface area contributed by atoms with Gasteiger partial charge < -0.3 is 9.64 Å². The van der Waals surface area contributed by atoms with Crippen molar-refractivity contribution in [3.63, 3.8) is 0 Å². The van der Waals surface area contributed by atoms with Crippen LogP contribution in [0.4, 0.5) is 8.78 Å². The number of ether oxygens (including phenoxy) is 1. The van der Waals surface area contributed by atoms with Crippen molar-refractivity contribution in [1.29, 1.82) is 0 Å². The van der Waals surface area contributed by atoms with Crippen molar-refractivity contribution in [2.75, 3.05) is 19.7 Å². The van der Waals surface area contributed by atoms with Gasteiger partial charge in [-0.2, -0.15) is 0 Å². The molecule has 0 aliphatic carbocycles. The molecule has 2 aromatic carbocycles. The fourth-order valence-electron chi connectivity index (χ4n) is 3.67. The first kappa shape index (κ1) is 22.7. The Kier molecular flexibility index (Phi) is 7.99. The zero-order chi connectivity index (χ0) is 22.2. The maximum absolute atomic E-state index is 14.5. The molecular weight excluding hydrogens is 394 g/mol. The zero-order valence-corrected chi connectivity index (χ0v) is 18.3. The predicted octanol–water partition coefficient (Wildman–Crippen LogP) is 6.62. The van der Waals surface area contributed by atoms with Crippen LogP contribution in [0, 0.1) is 17.6 Å². The lowest BCUT2D eigenvalue weighted by Gasteiger charge is -2.33. The van der Waals surface area contributed by atoms with Crippen LogP contribution in [0.5, 0.6) is 5.75 Å². The second-order valence-corrected chi connectivity index (χ2v) is 7.81. The van der Waals surface area contributed by atoms with E-state index in [2.05, 4.69) is 23.4 Å². The number of piperidine rings is 1. The molecule has 0 amide bonds. The lowest BCUT2D eigenvalue weighted by Crippen LogP contribution is -2.38. The molecule has 1 saturated heterocycles. The van der Waals surface area contributed by atoms with E-state index in [0.29, 0.717) is 12.2 Å². The summed E-state index contributed by atoms with van der Waals surface area (Å²) in [6.45, 7) is 9.88. The first-order valence-corrected chi connectivity index (χ1v) is 10.8. The summed E-state index contributed by atoms with van der Waals surface area (Å²) in [4.78, 5) is 6.78. The van der Waals surface area contributed by atoms with E-state index < -0.39 is 11.6 Å². The third kappa shape index (κ3) is 6.03. The summed E-state index contributed by atoms with van der Waals surface area (Å²) >= 11 is 0. The molecule has 2 aromatic rings. The fraction of sp³-hybridized carbons (Fsp3) is 0.346. The van der Waals surface area contributed by atoms with Gasteiger partial charge in [-0.15, -0.1) is 0 Å². The molecule has 0 saturated carbocycles. The molecule has 1 aliphatic rings. The minimum atomic E-state index is -0.667. The third-order valence-corrected chi connectivity index (χ3v) is 5.73.